The molecule has 0 saturated carbocycles. The number of carbonyl (C=O) groups excluding carboxylic acids is 1. The average molecular weight is 642 g/mol. The van der Waals surface area contributed by atoms with E-state index < -0.39 is 12.0 Å². The van der Waals surface area contributed by atoms with E-state index in [0.29, 0.717) is 42.8 Å². The Morgan fingerprint density at radius 3 is 2.70 bits per heavy atom. The summed E-state index contributed by atoms with van der Waals surface area (Å²) >= 11 is 6.31. The van der Waals surface area contributed by atoms with Crippen molar-refractivity contribution in [1.29, 1.82) is 0 Å². The SMILES string of the molecule is CCCC1=C(C(=O)OCC)[C@H](c2cccs2)n2c(s/c(=C\c3ccc(OCc4ccccc4F)c(Br)c3)c2=O)=N1. The maximum absolute atomic E-state index is 14.0. The zero-order valence-electron chi connectivity index (χ0n) is 21.9. The van der Waals surface area contributed by atoms with Crippen LogP contribution in [-0.2, 0) is 16.1 Å². The fourth-order valence-corrected chi connectivity index (χ4v) is 6.84. The maximum atomic E-state index is 14.0. The molecule has 2 aromatic heterocycles. The van der Waals surface area contributed by atoms with Crippen LogP contribution >= 0.6 is 38.6 Å². The molecule has 1 aliphatic rings. The van der Waals surface area contributed by atoms with Gasteiger partial charge in [-0.05, 0) is 70.6 Å². The summed E-state index contributed by atoms with van der Waals surface area (Å²) in [5.41, 5.74) is 2.09. The fourth-order valence-electron chi connectivity index (χ4n) is 4.48. The second-order valence-corrected chi connectivity index (χ2v) is 11.8. The molecule has 2 aromatic carbocycles. The van der Waals surface area contributed by atoms with Crippen molar-refractivity contribution in [3.05, 3.63) is 117 Å². The molecule has 5 rings (SSSR count). The number of fused-ring (bicyclic) bond motifs is 1. The molecule has 10 heteroatoms. The molecule has 4 aromatic rings. The Labute approximate surface area is 246 Å². The van der Waals surface area contributed by atoms with Crippen molar-refractivity contribution in [2.24, 2.45) is 4.99 Å². The van der Waals surface area contributed by atoms with Gasteiger partial charge in [0, 0.05) is 10.4 Å². The molecule has 0 aliphatic carbocycles. The lowest BCUT2D eigenvalue weighted by atomic mass is 9.99. The van der Waals surface area contributed by atoms with Crippen molar-refractivity contribution in [3.63, 3.8) is 0 Å². The quantitative estimate of drug-likeness (QED) is 0.207. The molecule has 40 heavy (non-hydrogen) atoms. The van der Waals surface area contributed by atoms with Gasteiger partial charge < -0.3 is 9.47 Å². The summed E-state index contributed by atoms with van der Waals surface area (Å²) in [6.45, 7) is 4.12. The van der Waals surface area contributed by atoms with E-state index in [9.17, 15) is 14.0 Å². The number of ether oxygens (including phenoxy) is 2. The van der Waals surface area contributed by atoms with Crippen LogP contribution in [0.5, 0.6) is 5.75 Å². The third-order valence-corrected chi connectivity index (χ3v) is 8.83. The van der Waals surface area contributed by atoms with Gasteiger partial charge in [-0.2, -0.15) is 0 Å². The van der Waals surface area contributed by atoms with E-state index in [4.69, 9.17) is 14.5 Å². The molecular weight excluding hydrogens is 615 g/mol. The van der Waals surface area contributed by atoms with E-state index in [-0.39, 0.29) is 24.6 Å². The Hall–Kier alpha value is -3.34. The number of thiophene rings is 1. The number of thiazole rings is 1. The van der Waals surface area contributed by atoms with Gasteiger partial charge in [0.05, 0.1) is 26.9 Å². The third kappa shape index (κ3) is 5.75. The number of benzene rings is 2. The third-order valence-electron chi connectivity index (χ3n) is 6.30. The molecule has 3 heterocycles. The van der Waals surface area contributed by atoms with Gasteiger partial charge in [0.2, 0.25) is 0 Å². The van der Waals surface area contributed by atoms with Gasteiger partial charge in [0.1, 0.15) is 24.2 Å². The summed E-state index contributed by atoms with van der Waals surface area (Å²) in [4.78, 5) is 33.1. The zero-order valence-corrected chi connectivity index (χ0v) is 25.1. The Morgan fingerprint density at radius 2 is 2.00 bits per heavy atom. The van der Waals surface area contributed by atoms with E-state index in [1.165, 1.54) is 28.7 Å². The summed E-state index contributed by atoms with van der Waals surface area (Å²) < 4.78 is 28.0. The van der Waals surface area contributed by atoms with Crippen molar-refractivity contribution < 1.29 is 18.7 Å². The number of esters is 1. The van der Waals surface area contributed by atoms with Crippen molar-refractivity contribution >= 4 is 50.6 Å². The summed E-state index contributed by atoms with van der Waals surface area (Å²) in [6.07, 6.45) is 3.20. The zero-order chi connectivity index (χ0) is 28.2. The first-order valence-corrected chi connectivity index (χ1v) is 15.3. The van der Waals surface area contributed by atoms with Gasteiger partial charge >= 0.3 is 5.97 Å². The minimum absolute atomic E-state index is 0.0921. The summed E-state index contributed by atoms with van der Waals surface area (Å²) in [5, 5.41) is 1.93. The standard InChI is InChI=1S/C30H26BrFN2O4S2/c1-3-8-22-26(29(36)37-4-2)27(24-11-7-14-39-24)34-28(35)25(40-30(34)33-22)16-18-12-13-23(20(31)15-18)38-17-19-9-5-6-10-21(19)32/h5-7,9-16,27H,3-4,8,17H2,1-2H3/b25-16-/t27-/m0/s1. The molecule has 0 fully saturated rings. The highest BCUT2D eigenvalue weighted by Crippen LogP contribution is 2.34. The first-order chi connectivity index (χ1) is 19.4. The normalized spacial score (nSPS) is 15.1. The Balaban J connectivity index is 1.53. The van der Waals surface area contributed by atoms with E-state index in [2.05, 4.69) is 15.9 Å². The highest BCUT2D eigenvalue weighted by molar-refractivity contribution is 9.10. The summed E-state index contributed by atoms with van der Waals surface area (Å²) in [7, 11) is 0. The lowest BCUT2D eigenvalue weighted by molar-refractivity contribution is -0.139. The molecule has 6 nitrogen and oxygen atoms in total. The second-order valence-electron chi connectivity index (χ2n) is 9.00. The molecular formula is C30H26BrFN2O4S2. The van der Waals surface area contributed by atoms with E-state index in [1.807, 2.05) is 36.6 Å². The smallest absolute Gasteiger partial charge is 0.338 e. The first-order valence-electron chi connectivity index (χ1n) is 12.8. The van der Waals surface area contributed by atoms with Crippen LogP contribution in [-0.4, -0.2) is 17.1 Å². The van der Waals surface area contributed by atoms with Crippen LogP contribution in [0.4, 0.5) is 4.39 Å². The van der Waals surface area contributed by atoms with Crippen molar-refractivity contribution in [1.82, 2.24) is 4.57 Å². The highest BCUT2D eigenvalue weighted by Gasteiger charge is 2.34. The Morgan fingerprint density at radius 1 is 1.18 bits per heavy atom. The first kappa shape index (κ1) is 28.2. The van der Waals surface area contributed by atoms with Gasteiger partial charge in [0.25, 0.3) is 5.56 Å². The van der Waals surface area contributed by atoms with Crippen LogP contribution in [0.2, 0.25) is 0 Å². The number of allylic oxidation sites excluding steroid dienone is 1. The lowest BCUT2D eigenvalue weighted by Crippen LogP contribution is -2.39. The van der Waals surface area contributed by atoms with Crippen LogP contribution in [0.25, 0.3) is 6.08 Å². The molecule has 0 N–H and O–H groups in total. The maximum Gasteiger partial charge on any atom is 0.338 e. The average Bonchev–Trinajstić information content (AvgIpc) is 3.57. The molecule has 0 spiro atoms. The van der Waals surface area contributed by atoms with E-state index >= 15 is 0 Å². The van der Waals surface area contributed by atoms with Crippen molar-refractivity contribution in [2.75, 3.05) is 6.61 Å². The topological polar surface area (TPSA) is 69.9 Å². The fraction of sp³-hybridized carbons (Fsp3) is 0.233. The van der Waals surface area contributed by atoms with Crippen molar-refractivity contribution in [2.45, 2.75) is 39.3 Å². The monoisotopic (exact) mass is 640 g/mol. The van der Waals surface area contributed by atoms with Gasteiger partial charge in [-0.3, -0.25) is 9.36 Å². The second kappa shape index (κ2) is 12.4. The number of hydrogen-bond donors (Lipinski definition) is 0. The van der Waals surface area contributed by atoms with Gasteiger partial charge in [-0.1, -0.05) is 55.0 Å². The summed E-state index contributed by atoms with van der Waals surface area (Å²) in [5.74, 6) is -0.209. The largest absolute Gasteiger partial charge is 0.488 e. The predicted octanol–water partition coefficient (Wildman–Crippen LogP) is 6.12. The van der Waals surface area contributed by atoms with E-state index in [1.54, 1.807) is 41.8 Å². The van der Waals surface area contributed by atoms with E-state index in [0.717, 1.165) is 16.9 Å². The lowest BCUT2D eigenvalue weighted by Gasteiger charge is -2.24. The van der Waals surface area contributed by atoms with Crippen LogP contribution in [0.15, 0.2) is 85.5 Å². The molecule has 0 amide bonds. The van der Waals surface area contributed by atoms with Gasteiger partial charge in [-0.25, -0.2) is 14.2 Å². The molecule has 0 saturated heterocycles. The Kier molecular flexibility index (Phi) is 8.78. The van der Waals surface area contributed by atoms with Crippen LogP contribution in [0, 0.1) is 5.82 Å². The summed E-state index contributed by atoms with van der Waals surface area (Å²) in [6, 6.07) is 15.2. The van der Waals surface area contributed by atoms with Gasteiger partial charge in [0.15, 0.2) is 4.80 Å². The molecule has 1 aliphatic heterocycles. The van der Waals surface area contributed by atoms with Crippen molar-refractivity contribution in [3.8, 4) is 5.75 Å². The number of halogens is 2. The number of hydrogen-bond acceptors (Lipinski definition) is 7. The number of carbonyl (C=O) groups is 1. The molecule has 0 unspecified atom stereocenters. The van der Waals surface area contributed by atoms with Gasteiger partial charge in [-0.15, -0.1) is 11.3 Å². The minimum Gasteiger partial charge on any atom is -0.488 e. The molecule has 1 atom stereocenters. The molecule has 0 bridgehead atoms. The minimum atomic E-state index is -0.597. The van der Waals surface area contributed by atoms with Crippen LogP contribution in [0.3, 0.4) is 0 Å². The number of rotatable bonds is 9. The number of nitrogens with zero attached hydrogens (tertiary/aromatic N) is 2. The van der Waals surface area contributed by atoms with Crippen LogP contribution < -0.4 is 19.6 Å². The number of aromatic nitrogens is 1. The van der Waals surface area contributed by atoms with Crippen LogP contribution in [0.1, 0.15) is 48.7 Å². The molecule has 206 valence electrons. The highest BCUT2D eigenvalue weighted by atomic mass is 79.9. The molecule has 0 radical (unpaired) electrons. The predicted molar refractivity (Wildman–Crippen MR) is 159 cm³/mol. The Bertz CT molecular complexity index is 1760.